The van der Waals surface area contributed by atoms with Gasteiger partial charge in [-0.25, -0.2) is 4.98 Å². The fourth-order valence-corrected chi connectivity index (χ4v) is 6.57. The standard InChI is InChI=1S/C31H45N3O2/c1-30(2)15-16-31(3,4)24-19-22(11-12-23(24)30)25-7-6-10-28(33-25)34-17-13-21(14-18-34)20-32-26-8-5-9-27(35)29(26)36/h6-7,10-12,19,21,26-27,29,32,35-36H,5,8-9,13-18,20H2,1-4H3/t26-,27-,29+/m0/s1. The quantitative estimate of drug-likeness (QED) is 0.538. The highest BCUT2D eigenvalue weighted by Gasteiger charge is 2.37. The molecule has 2 aliphatic carbocycles. The van der Waals surface area contributed by atoms with E-state index in [1.54, 1.807) is 0 Å². The molecule has 2 aromatic rings. The van der Waals surface area contributed by atoms with Crippen molar-refractivity contribution in [3.05, 3.63) is 47.5 Å². The van der Waals surface area contributed by atoms with Crippen LogP contribution in [0.2, 0.25) is 0 Å². The first-order valence-electron chi connectivity index (χ1n) is 14.1. The molecule has 1 aliphatic heterocycles. The van der Waals surface area contributed by atoms with E-state index >= 15 is 0 Å². The van der Waals surface area contributed by atoms with Gasteiger partial charge >= 0.3 is 0 Å². The summed E-state index contributed by atoms with van der Waals surface area (Å²) in [6.07, 6.45) is 6.11. The van der Waals surface area contributed by atoms with E-state index in [2.05, 4.69) is 74.3 Å². The van der Waals surface area contributed by atoms with Crippen molar-refractivity contribution < 1.29 is 10.2 Å². The lowest BCUT2D eigenvalue weighted by Gasteiger charge is -2.42. The van der Waals surface area contributed by atoms with Crippen molar-refractivity contribution in [3.63, 3.8) is 0 Å². The molecule has 0 bridgehead atoms. The summed E-state index contributed by atoms with van der Waals surface area (Å²) < 4.78 is 0. The molecule has 0 spiro atoms. The summed E-state index contributed by atoms with van der Waals surface area (Å²) in [5, 5.41) is 23.8. The predicted molar refractivity (Wildman–Crippen MR) is 148 cm³/mol. The van der Waals surface area contributed by atoms with Gasteiger partial charge in [-0.3, -0.25) is 0 Å². The molecule has 3 aliphatic rings. The van der Waals surface area contributed by atoms with Crippen molar-refractivity contribution in [2.24, 2.45) is 5.92 Å². The number of rotatable bonds is 5. The lowest BCUT2D eigenvalue weighted by molar-refractivity contribution is -0.0301. The predicted octanol–water partition coefficient (Wildman–Crippen LogP) is 5.18. The Hall–Kier alpha value is -1.95. The van der Waals surface area contributed by atoms with Crippen molar-refractivity contribution in [2.45, 2.75) is 102 Å². The number of nitrogens with zero attached hydrogens (tertiary/aromatic N) is 2. The van der Waals surface area contributed by atoms with Gasteiger partial charge in [0.05, 0.1) is 17.9 Å². The number of pyridine rings is 1. The van der Waals surface area contributed by atoms with Gasteiger partial charge in [0.2, 0.25) is 0 Å². The Balaban J connectivity index is 1.24. The average Bonchev–Trinajstić information content (AvgIpc) is 2.88. The first-order chi connectivity index (χ1) is 17.1. The summed E-state index contributed by atoms with van der Waals surface area (Å²) in [5.41, 5.74) is 5.67. The first-order valence-corrected chi connectivity index (χ1v) is 14.1. The molecular formula is C31H45N3O2. The molecule has 1 saturated heterocycles. The zero-order chi connectivity index (χ0) is 25.5. The maximum atomic E-state index is 10.3. The fraction of sp³-hybridized carbons (Fsp3) is 0.645. The molecule has 1 aromatic heterocycles. The lowest BCUT2D eigenvalue weighted by atomic mass is 9.63. The van der Waals surface area contributed by atoms with Crippen LogP contribution in [0.4, 0.5) is 5.82 Å². The monoisotopic (exact) mass is 491 g/mol. The number of aromatic nitrogens is 1. The molecule has 5 heteroatoms. The van der Waals surface area contributed by atoms with Crippen LogP contribution in [0.15, 0.2) is 36.4 Å². The number of hydrogen-bond acceptors (Lipinski definition) is 5. The Kier molecular flexibility index (Phi) is 7.19. The van der Waals surface area contributed by atoms with Gasteiger partial charge in [0.1, 0.15) is 5.82 Å². The van der Waals surface area contributed by atoms with Crippen LogP contribution < -0.4 is 10.2 Å². The van der Waals surface area contributed by atoms with Crippen LogP contribution in [0.5, 0.6) is 0 Å². The second kappa shape index (κ2) is 10.1. The van der Waals surface area contributed by atoms with Gasteiger partial charge in [-0.15, -0.1) is 0 Å². The number of piperidine rings is 1. The van der Waals surface area contributed by atoms with Crippen molar-refractivity contribution in [2.75, 3.05) is 24.5 Å². The van der Waals surface area contributed by atoms with Crippen LogP contribution in [0.3, 0.4) is 0 Å². The SMILES string of the molecule is CC1(C)CCC(C)(C)c2cc(-c3cccc(N4CCC(CN[C@H]5CCC[C@H](O)[C@@H]5O)CC4)n3)ccc21. The summed E-state index contributed by atoms with van der Waals surface area (Å²) in [6.45, 7) is 12.4. The van der Waals surface area contributed by atoms with E-state index in [1.165, 1.54) is 29.5 Å². The normalized spacial score (nSPS) is 28.1. The molecular weight excluding hydrogens is 446 g/mol. The number of anilines is 1. The topological polar surface area (TPSA) is 68.6 Å². The van der Waals surface area contributed by atoms with Crippen LogP contribution >= 0.6 is 0 Å². The zero-order valence-electron chi connectivity index (χ0n) is 22.6. The third-order valence-corrected chi connectivity index (χ3v) is 9.31. The Morgan fingerprint density at radius 3 is 2.39 bits per heavy atom. The summed E-state index contributed by atoms with van der Waals surface area (Å²) >= 11 is 0. The van der Waals surface area contributed by atoms with E-state index in [1.807, 2.05) is 0 Å². The van der Waals surface area contributed by atoms with Crippen molar-refractivity contribution in [3.8, 4) is 11.3 Å². The molecule has 2 fully saturated rings. The van der Waals surface area contributed by atoms with E-state index in [-0.39, 0.29) is 16.9 Å². The van der Waals surface area contributed by atoms with Crippen LogP contribution in [0.1, 0.15) is 83.8 Å². The molecule has 0 radical (unpaired) electrons. The lowest BCUT2D eigenvalue weighted by Crippen LogP contribution is -2.50. The van der Waals surface area contributed by atoms with E-state index in [0.717, 1.165) is 56.8 Å². The highest BCUT2D eigenvalue weighted by molar-refractivity contribution is 5.65. The molecule has 0 amide bonds. The number of nitrogens with one attached hydrogen (secondary N) is 1. The molecule has 5 rings (SSSR count). The van der Waals surface area contributed by atoms with E-state index in [9.17, 15) is 10.2 Å². The number of aliphatic hydroxyl groups excluding tert-OH is 2. The number of benzene rings is 1. The van der Waals surface area contributed by atoms with Gasteiger partial charge in [-0.05, 0) is 97.6 Å². The van der Waals surface area contributed by atoms with Gasteiger partial charge in [0, 0.05) is 24.7 Å². The number of hydrogen-bond donors (Lipinski definition) is 3. The van der Waals surface area contributed by atoms with Gasteiger partial charge in [0.15, 0.2) is 0 Å². The van der Waals surface area contributed by atoms with Gasteiger partial charge in [-0.1, -0.05) is 45.9 Å². The summed E-state index contributed by atoms with van der Waals surface area (Å²) in [7, 11) is 0. The Morgan fingerprint density at radius 1 is 0.917 bits per heavy atom. The summed E-state index contributed by atoms with van der Waals surface area (Å²) in [6, 6.07) is 13.5. The highest BCUT2D eigenvalue weighted by atomic mass is 16.3. The average molecular weight is 492 g/mol. The maximum absolute atomic E-state index is 10.3. The Bertz CT molecular complexity index is 1060. The minimum absolute atomic E-state index is 0.0253. The smallest absolute Gasteiger partial charge is 0.129 e. The van der Waals surface area contributed by atoms with Gasteiger partial charge in [0.25, 0.3) is 0 Å². The third-order valence-electron chi connectivity index (χ3n) is 9.31. The van der Waals surface area contributed by atoms with Crippen LogP contribution in [0, 0.1) is 5.92 Å². The van der Waals surface area contributed by atoms with E-state index in [0.29, 0.717) is 12.3 Å². The fourth-order valence-electron chi connectivity index (χ4n) is 6.57. The molecule has 36 heavy (non-hydrogen) atoms. The molecule has 2 heterocycles. The molecule has 3 atom stereocenters. The Morgan fingerprint density at radius 2 is 1.64 bits per heavy atom. The summed E-state index contributed by atoms with van der Waals surface area (Å²) in [4.78, 5) is 7.53. The second-order valence-electron chi connectivity index (χ2n) is 12.8. The number of aliphatic hydroxyl groups is 2. The minimum Gasteiger partial charge on any atom is -0.390 e. The van der Waals surface area contributed by atoms with Crippen molar-refractivity contribution in [1.29, 1.82) is 0 Å². The van der Waals surface area contributed by atoms with Gasteiger partial charge < -0.3 is 20.4 Å². The zero-order valence-corrected chi connectivity index (χ0v) is 22.6. The Labute approximate surface area is 217 Å². The largest absolute Gasteiger partial charge is 0.390 e. The minimum atomic E-state index is -0.633. The van der Waals surface area contributed by atoms with Crippen molar-refractivity contribution >= 4 is 5.82 Å². The number of fused-ring (bicyclic) bond motifs is 1. The molecule has 3 N–H and O–H groups in total. The van der Waals surface area contributed by atoms with E-state index < -0.39 is 12.2 Å². The molecule has 5 nitrogen and oxygen atoms in total. The first kappa shape index (κ1) is 25.7. The van der Waals surface area contributed by atoms with Crippen molar-refractivity contribution in [1.82, 2.24) is 10.3 Å². The van der Waals surface area contributed by atoms with Gasteiger partial charge in [-0.2, -0.15) is 0 Å². The highest BCUT2D eigenvalue weighted by Crippen LogP contribution is 2.46. The van der Waals surface area contributed by atoms with E-state index in [4.69, 9.17) is 4.98 Å². The molecule has 0 unspecified atom stereocenters. The molecule has 1 aromatic carbocycles. The van der Waals surface area contributed by atoms with Crippen LogP contribution in [-0.4, -0.2) is 53.1 Å². The maximum Gasteiger partial charge on any atom is 0.129 e. The third kappa shape index (κ3) is 5.20. The molecule has 1 saturated carbocycles. The molecule has 196 valence electrons. The summed E-state index contributed by atoms with van der Waals surface area (Å²) in [5.74, 6) is 1.67. The van der Waals surface area contributed by atoms with Crippen LogP contribution in [-0.2, 0) is 10.8 Å². The van der Waals surface area contributed by atoms with Crippen LogP contribution in [0.25, 0.3) is 11.3 Å². The second-order valence-corrected chi connectivity index (χ2v) is 12.8.